The molecule has 12 amide bonds. The van der Waals surface area contributed by atoms with E-state index in [1.807, 2.05) is 28.2 Å². The molecule has 2 saturated heterocycles. The molecule has 0 radical (unpaired) electrons. The van der Waals surface area contributed by atoms with Crippen molar-refractivity contribution in [3.8, 4) is 0 Å². The SMILES string of the molecule is CCC(C)CC/C=C\C=C\C(=O)N[C@H](C(=O)N[C@@H]1C(=O)N[C@H](C(C)C)C(=O)N[C@@H](CCCCN)C(=O)N[C@@H](C(O)C(=O)O)C(=O)N[C@@H](CC(=O)NCC(=O)O)C(=O)NCC(=O)N[C@H](C(C)C(=O)O)C(=O)N[C@@H](C(C)C)C(=O)N2C[C@H](C)C[C@H]2C(=O)NC1C)C(C)C(=O)O. The first-order chi connectivity index (χ1) is 43.5. The van der Waals surface area contributed by atoms with Gasteiger partial charge in [0.2, 0.25) is 70.9 Å². The summed E-state index contributed by atoms with van der Waals surface area (Å²) in [7, 11) is 0. The van der Waals surface area contributed by atoms with E-state index in [1.54, 1.807) is 19.1 Å². The molecule has 0 aromatic heterocycles. The van der Waals surface area contributed by atoms with Crippen molar-refractivity contribution >= 4 is 94.8 Å². The van der Waals surface area contributed by atoms with E-state index in [1.165, 1.54) is 40.7 Å². The van der Waals surface area contributed by atoms with Gasteiger partial charge in [-0.25, -0.2) is 4.79 Å². The number of hydrogen-bond acceptors (Lipinski definition) is 18. The molecule has 520 valence electrons. The summed E-state index contributed by atoms with van der Waals surface area (Å²) in [6.07, 6.45) is 4.09. The molecular formula is C59H93N13O21. The van der Waals surface area contributed by atoms with Crippen molar-refractivity contribution < 1.29 is 102 Å². The van der Waals surface area contributed by atoms with Gasteiger partial charge >= 0.3 is 23.9 Å². The predicted molar refractivity (Wildman–Crippen MR) is 327 cm³/mol. The third kappa shape index (κ3) is 25.9. The lowest BCUT2D eigenvalue weighted by atomic mass is 9.97. The van der Waals surface area contributed by atoms with Crippen LogP contribution >= 0.6 is 0 Å². The molecule has 0 aliphatic carbocycles. The summed E-state index contributed by atoms with van der Waals surface area (Å²) in [6.45, 7) is 12.7. The topological polar surface area (TPSA) is 536 Å². The number of carbonyl (C=O) groups excluding carboxylic acids is 12. The third-order valence-electron chi connectivity index (χ3n) is 15.6. The van der Waals surface area contributed by atoms with Gasteiger partial charge in [-0.15, -0.1) is 0 Å². The minimum Gasteiger partial charge on any atom is -0.481 e. The van der Waals surface area contributed by atoms with Gasteiger partial charge in [0.05, 0.1) is 30.8 Å². The molecule has 0 saturated carbocycles. The van der Waals surface area contributed by atoms with Crippen LogP contribution in [0.15, 0.2) is 24.3 Å². The monoisotopic (exact) mass is 1320 g/mol. The van der Waals surface area contributed by atoms with Crippen LogP contribution in [0.4, 0.5) is 0 Å². The lowest BCUT2D eigenvalue weighted by molar-refractivity contribution is -0.152. The molecule has 34 heteroatoms. The number of aliphatic hydroxyl groups is 1. The number of aliphatic hydroxyl groups excluding tert-OH is 1. The van der Waals surface area contributed by atoms with Crippen molar-refractivity contribution in [3.63, 3.8) is 0 Å². The van der Waals surface area contributed by atoms with E-state index in [4.69, 9.17) is 10.8 Å². The fourth-order valence-corrected chi connectivity index (χ4v) is 9.67. The summed E-state index contributed by atoms with van der Waals surface area (Å²) in [5.74, 6) is -26.9. The molecule has 2 fully saturated rings. The van der Waals surface area contributed by atoms with Gasteiger partial charge in [-0.2, -0.15) is 0 Å². The van der Waals surface area contributed by atoms with Crippen LogP contribution in [0.25, 0.3) is 0 Å². The largest absolute Gasteiger partial charge is 0.481 e. The second-order valence-electron chi connectivity index (χ2n) is 24.0. The van der Waals surface area contributed by atoms with E-state index < -0.39 is 210 Å². The molecule has 5 unspecified atom stereocenters. The summed E-state index contributed by atoms with van der Waals surface area (Å²) in [5.41, 5.74) is 5.71. The van der Waals surface area contributed by atoms with E-state index in [9.17, 15) is 97.1 Å². The zero-order valence-corrected chi connectivity index (χ0v) is 53.9. The lowest BCUT2D eigenvalue weighted by Crippen LogP contribution is -2.65. The summed E-state index contributed by atoms with van der Waals surface area (Å²) in [5, 5.41) is 75.0. The van der Waals surface area contributed by atoms with Crippen LogP contribution in [0.5, 0.6) is 0 Å². The Balaban J connectivity index is 3.00. The van der Waals surface area contributed by atoms with Crippen LogP contribution in [0.3, 0.4) is 0 Å². The average molecular weight is 1320 g/mol. The molecule has 2 heterocycles. The molecule has 93 heavy (non-hydrogen) atoms. The van der Waals surface area contributed by atoms with Gasteiger partial charge < -0.3 is 94.7 Å². The minimum atomic E-state index is -2.87. The zero-order valence-electron chi connectivity index (χ0n) is 53.9. The number of allylic oxidation sites excluding steroid dienone is 3. The van der Waals surface area contributed by atoms with E-state index in [0.717, 1.165) is 37.7 Å². The maximum Gasteiger partial charge on any atom is 0.335 e. The Morgan fingerprint density at radius 1 is 0.667 bits per heavy atom. The maximum atomic E-state index is 14.9. The van der Waals surface area contributed by atoms with Gasteiger partial charge in [-0.1, -0.05) is 73.1 Å². The Morgan fingerprint density at radius 2 is 1.26 bits per heavy atom. The van der Waals surface area contributed by atoms with E-state index >= 15 is 0 Å². The number of amides is 12. The summed E-state index contributed by atoms with van der Waals surface area (Å²) >= 11 is 0. The average Bonchev–Trinajstić information content (AvgIpc) is 1.82. The highest BCUT2D eigenvalue weighted by molar-refractivity contribution is 6.02. The highest BCUT2D eigenvalue weighted by atomic mass is 16.4. The van der Waals surface area contributed by atoms with Crippen molar-refractivity contribution in [1.29, 1.82) is 0 Å². The quantitative estimate of drug-likeness (QED) is 0.0233. The second-order valence-corrected chi connectivity index (χ2v) is 24.0. The number of nitrogens with two attached hydrogens (primary N) is 1. The molecule has 2 aliphatic heterocycles. The Morgan fingerprint density at radius 3 is 1.83 bits per heavy atom. The van der Waals surface area contributed by atoms with E-state index in [2.05, 4.69) is 44.1 Å². The Kier molecular flexibility index (Phi) is 33.3. The van der Waals surface area contributed by atoms with Gasteiger partial charge in [-0.3, -0.25) is 71.9 Å². The first-order valence-electron chi connectivity index (χ1n) is 30.7. The summed E-state index contributed by atoms with van der Waals surface area (Å²) in [4.78, 5) is 219. The molecule has 0 aromatic carbocycles. The van der Waals surface area contributed by atoms with Crippen LogP contribution in [0, 0.1) is 35.5 Å². The number of unbranched alkanes of at least 4 members (excludes halogenated alkanes) is 1. The van der Waals surface area contributed by atoms with Crippen LogP contribution in [0.1, 0.15) is 121 Å². The first-order valence-corrected chi connectivity index (χ1v) is 30.7. The van der Waals surface area contributed by atoms with Crippen LogP contribution in [-0.4, -0.2) is 218 Å². The minimum absolute atomic E-state index is 0.0368. The zero-order chi connectivity index (χ0) is 70.7. The Hall–Kier alpha value is -9.08. The molecule has 2 aliphatic rings. The standard InChI is InChI=1S/C59H93N13O21/c1-11-29(6)18-14-12-13-15-20-37(73)66-43(31(8)57(88)89)53(84)70-45-33(10)63-50(81)36-22-30(7)26-72(36)56(87)42(28(4)5)69-52(83)44(32(9)58(90)91)67-39(75)24-62-48(79)35(23-38(74)61-25-40(76)77)65-55(86)46(47(78)59(92)93)71-49(80)34(19-16-17-21-60)64-51(82)41(27(2)3)68-54(45)85/h12-13,15,20,27-36,41-47,78H,11,14,16-19,21-26,60H2,1-10H3,(H,61,74)(H,62,79)(H,63,81)(H,64,82)(H,65,86)(H,66,73)(H,67,75)(H,68,85)(H,69,83)(H,70,84)(H,71,80)(H,76,77)(H,88,89)(H,90,91)(H,92,93)/b13-12-,20-15+/t29?,30-,31?,32?,33?,34+,35+,36+,41-,42+,43+,44-,45+,46+,47?/m1/s1. The van der Waals surface area contributed by atoms with Crippen LogP contribution in [-0.2, 0) is 76.7 Å². The maximum absolute atomic E-state index is 14.9. The van der Waals surface area contributed by atoms with Gasteiger partial charge in [0.25, 0.3) is 0 Å². The van der Waals surface area contributed by atoms with Crippen molar-refractivity contribution in [1.82, 2.24) is 63.4 Å². The normalized spacial score (nSPS) is 25.4. The number of carboxylic acid groups (broad SMARTS) is 4. The first kappa shape index (κ1) is 80.0. The highest BCUT2D eigenvalue weighted by Gasteiger charge is 2.46. The lowest BCUT2D eigenvalue weighted by Gasteiger charge is -2.34. The number of aliphatic carboxylic acids is 4. The van der Waals surface area contributed by atoms with E-state index in [0.29, 0.717) is 12.3 Å². The fourth-order valence-electron chi connectivity index (χ4n) is 9.67. The van der Waals surface area contributed by atoms with Crippen LogP contribution in [0.2, 0.25) is 0 Å². The Labute approximate surface area is 537 Å². The number of fused-ring (bicyclic) bond motifs is 1. The van der Waals surface area contributed by atoms with E-state index in [-0.39, 0.29) is 38.8 Å². The molecular weight excluding hydrogens is 1230 g/mol. The number of carbonyl (C=O) groups is 16. The van der Waals surface area contributed by atoms with Crippen molar-refractivity contribution in [2.45, 2.75) is 187 Å². The van der Waals surface area contributed by atoms with Crippen molar-refractivity contribution in [3.05, 3.63) is 24.3 Å². The summed E-state index contributed by atoms with van der Waals surface area (Å²) < 4.78 is 0. The molecule has 0 bridgehead atoms. The Bertz CT molecular complexity index is 2800. The van der Waals surface area contributed by atoms with Gasteiger partial charge in [0.15, 0.2) is 6.10 Å². The third-order valence-corrected chi connectivity index (χ3v) is 15.6. The molecule has 2 rings (SSSR count). The number of nitrogens with one attached hydrogen (secondary N) is 11. The van der Waals surface area contributed by atoms with Gasteiger partial charge in [-0.05, 0) is 89.5 Å². The van der Waals surface area contributed by atoms with Crippen molar-refractivity contribution in [2.75, 3.05) is 26.2 Å². The number of carboxylic acids is 4. The number of rotatable bonds is 25. The summed E-state index contributed by atoms with van der Waals surface area (Å²) in [6, 6.07) is -18.8. The van der Waals surface area contributed by atoms with Crippen molar-refractivity contribution in [2.24, 2.45) is 41.2 Å². The second kappa shape index (κ2) is 38.7. The molecule has 18 N–H and O–H groups in total. The molecule has 0 aromatic rings. The number of nitrogens with zero attached hydrogens (tertiary/aromatic N) is 1. The van der Waals surface area contributed by atoms with Gasteiger partial charge in [0.1, 0.15) is 60.9 Å². The molecule has 0 spiro atoms. The predicted octanol–water partition coefficient (Wildman–Crippen LogP) is -4.41. The molecule has 15 atom stereocenters. The van der Waals surface area contributed by atoms with Gasteiger partial charge in [0, 0.05) is 12.6 Å². The highest BCUT2D eigenvalue weighted by Crippen LogP contribution is 2.26. The molecule has 34 nitrogen and oxygen atoms in total. The van der Waals surface area contributed by atoms with Crippen LogP contribution < -0.4 is 64.2 Å². The number of hydrogen-bond donors (Lipinski definition) is 17. The fraction of sp³-hybridized carbons (Fsp3) is 0.661. The smallest absolute Gasteiger partial charge is 0.335 e.